The zero-order valence-corrected chi connectivity index (χ0v) is 26.9. The quantitative estimate of drug-likeness (QED) is 0.0270. The maximum atomic E-state index is 11.8. The second-order valence-corrected chi connectivity index (χ2v) is 13.2. The fraction of sp³-hybridized carbons (Fsp3) is 0. The van der Waals surface area contributed by atoms with E-state index in [0.717, 1.165) is 45.6 Å². The summed E-state index contributed by atoms with van der Waals surface area (Å²) in [5.74, 6) is 0.883. The average molecular weight is 733 g/mol. The molecule has 0 bridgehead atoms. The van der Waals surface area contributed by atoms with Gasteiger partial charge in [0, 0.05) is 36.8 Å². The van der Waals surface area contributed by atoms with Gasteiger partial charge in [-0.05, 0) is 70.1 Å². The molecule has 6 aromatic rings. The first-order chi connectivity index (χ1) is 23.3. The number of nitrogens with one attached hydrogen (secondary N) is 2. The van der Waals surface area contributed by atoms with Crippen molar-refractivity contribution in [3.63, 3.8) is 0 Å². The summed E-state index contributed by atoms with van der Waals surface area (Å²) in [7, 11) is -4.52. The number of hydrogen-bond donors (Lipinski definition) is 6. The van der Waals surface area contributed by atoms with Crippen molar-refractivity contribution in [3.05, 3.63) is 84.9 Å². The second-order valence-electron chi connectivity index (χ2n) is 9.56. The molecule has 0 fully saturated rings. The molecule has 16 nitrogen and oxygen atoms in total. The van der Waals surface area contributed by atoms with Gasteiger partial charge in [0.1, 0.15) is 0 Å². The van der Waals surface area contributed by atoms with Crippen LogP contribution in [0.15, 0.2) is 105 Å². The van der Waals surface area contributed by atoms with Crippen LogP contribution < -0.4 is 10.6 Å². The Morgan fingerprint density at radius 2 is 1.17 bits per heavy atom. The lowest BCUT2D eigenvalue weighted by Crippen LogP contribution is -2.02. The van der Waals surface area contributed by atoms with Crippen LogP contribution in [0.2, 0.25) is 0 Å². The zero-order chi connectivity index (χ0) is 33.7. The van der Waals surface area contributed by atoms with Crippen LogP contribution in [0, 0.1) is 0 Å². The third-order valence-corrected chi connectivity index (χ3v) is 9.44. The highest BCUT2D eigenvalue weighted by Gasteiger charge is 2.17. The standard InChI is InChI=1S/C28H20N4O12S4/c33-39-42-45-19-10-16-9-17(7-8-21(16)25(13-19)46-43-40-34)29-27-22-3-1-2-4-23(22)28(32-31-27)30-18-6-5-15-11-20(48(36,37)38)14-26(24(15)12-18)47-44-41-35/h1-14,33-35H,(H,29,31)(H,30,32)(H,36,37,38). The molecule has 0 aliphatic heterocycles. The molecule has 0 atom stereocenters. The molecule has 0 spiro atoms. The second kappa shape index (κ2) is 15.1. The Hall–Kier alpha value is -3.84. The highest BCUT2D eigenvalue weighted by atomic mass is 32.2. The van der Waals surface area contributed by atoms with E-state index in [4.69, 9.17) is 15.8 Å². The molecule has 248 valence electrons. The zero-order valence-electron chi connectivity index (χ0n) is 23.7. The molecule has 0 saturated carbocycles. The van der Waals surface area contributed by atoms with Gasteiger partial charge in [-0.1, -0.05) is 51.5 Å². The van der Waals surface area contributed by atoms with Gasteiger partial charge in [0.25, 0.3) is 10.1 Å². The Kier molecular flexibility index (Phi) is 10.7. The summed E-state index contributed by atoms with van der Waals surface area (Å²) < 4.78 is 46.9. The summed E-state index contributed by atoms with van der Waals surface area (Å²) in [4.78, 5) is 1.00. The van der Waals surface area contributed by atoms with Gasteiger partial charge in [0.2, 0.25) is 0 Å². The van der Waals surface area contributed by atoms with Crippen LogP contribution in [0.5, 0.6) is 0 Å². The predicted molar refractivity (Wildman–Crippen MR) is 176 cm³/mol. The predicted octanol–water partition coefficient (Wildman–Crippen LogP) is 7.96. The monoisotopic (exact) mass is 732 g/mol. The highest BCUT2D eigenvalue weighted by Crippen LogP contribution is 2.38. The number of benzene rings is 5. The van der Waals surface area contributed by atoms with Gasteiger partial charge in [-0.2, -0.15) is 8.42 Å². The Bertz CT molecular complexity index is 2230. The Balaban J connectivity index is 1.33. The Morgan fingerprint density at radius 3 is 1.79 bits per heavy atom. The van der Waals surface area contributed by atoms with Gasteiger partial charge < -0.3 is 10.6 Å². The van der Waals surface area contributed by atoms with E-state index in [-0.39, 0.29) is 9.79 Å². The molecule has 1 heterocycles. The van der Waals surface area contributed by atoms with Crippen molar-refractivity contribution < 1.29 is 56.9 Å². The van der Waals surface area contributed by atoms with E-state index in [9.17, 15) is 13.0 Å². The third kappa shape index (κ3) is 7.72. The number of rotatable bonds is 14. The first kappa shape index (κ1) is 34.0. The first-order valence-corrected chi connectivity index (χ1v) is 16.8. The number of aromatic nitrogens is 2. The molecule has 1 aromatic heterocycles. The van der Waals surface area contributed by atoms with Crippen molar-refractivity contribution >= 4 is 102 Å². The summed E-state index contributed by atoms with van der Waals surface area (Å²) in [5.41, 5.74) is 1.23. The summed E-state index contributed by atoms with van der Waals surface area (Å²) in [5, 5.41) is 56.3. The molecule has 0 aliphatic rings. The molecular formula is C28H20N4O12S4. The van der Waals surface area contributed by atoms with E-state index < -0.39 is 10.1 Å². The third-order valence-electron chi connectivity index (χ3n) is 6.76. The molecular weight excluding hydrogens is 713 g/mol. The number of nitrogens with zero attached hydrogens (tertiary/aromatic N) is 2. The van der Waals surface area contributed by atoms with E-state index in [1.165, 1.54) is 12.1 Å². The average Bonchev–Trinajstić information content (AvgIpc) is 3.09. The Labute approximate surface area is 282 Å². The summed E-state index contributed by atoms with van der Waals surface area (Å²) in [6.07, 6.45) is 0. The van der Waals surface area contributed by atoms with Crippen molar-refractivity contribution in [2.45, 2.75) is 19.6 Å². The minimum Gasteiger partial charge on any atom is -0.338 e. The number of anilines is 4. The summed E-state index contributed by atoms with van der Waals surface area (Å²) >= 11 is 2.07. The summed E-state index contributed by atoms with van der Waals surface area (Å²) in [6, 6.07) is 23.9. The van der Waals surface area contributed by atoms with Crippen LogP contribution in [0.3, 0.4) is 0 Å². The maximum absolute atomic E-state index is 11.8. The first-order valence-electron chi connectivity index (χ1n) is 13.1. The van der Waals surface area contributed by atoms with Gasteiger partial charge >= 0.3 is 0 Å². The normalized spacial score (nSPS) is 11.8. The molecule has 0 unspecified atom stereocenters. The van der Waals surface area contributed by atoms with Gasteiger partial charge in [-0.15, -0.1) is 23.2 Å². The minimum absolute atomic E-state index is 0.239. The summed E-state index contributed by atoms with van der Waals surface area (Å²) in [6.45, 7) is 0. The fourth-order valence-electron chi connectivity index (χ4n) is 4.82. The molecule has 0 saturated heterocycles. The SMILES string of the molecule is O=S(=O)(O)c1cc(SOOO)c2cc(Nc3nnc(Nc4ccc5c(SOOO)cc(SOOO)cc5c4)c4ccccc34)ccc2c1. The molecule has 0 radical (unpaired) electrons. The van der Waals surface area contributed by atoms with E-state index >= 15 is 0 Å². The van der Waals surface area contributed by atoms with Crippen molar-refractivity contribution in [1.82, 2.24) is 10.2 Å². The van der Waals surface area contributed by atoms with Crippen LogP contribution in [0.1, 0.15) is 0 Å². The topological polar surface area (TPSA) is 220 Å². The smallest absolute Gasteiger partial charge is 0.294 e. The lowest BCUT2D eigenvalue weighted by atomic mass is 10.1. The van der Waals surface area contributed by atoms with Gasteiger partial charge in [-0.3, -0.25) is 4.55 Å². The number of hydrogen-bond acceptors (Lipinski definition) is 18. The highest BCUT2D eigenvalue weighted by molar-refractivity contribution is 7.95. The molecule has 48 heavy (non-hydrogen) atoms. The molecule has 6 N–H and O–H groups in total. The van der Waals surface area contributed by atoms with E-state index in [2.05, 4.69) is 48.9 Å². The molecule has 6 rings (SSSR count). The lowest BCUT2D eigenvalue weighted by molar-refractivity contribution is -0.432. The number of fused-ring (bicyclic) bond motifs is 3. The van der Waals surface area contributed by atoms with Crippen LogP contribution in [-0.4, -0.2) is 38.9 Å². The fourth-order valence-corrected chi connectivity index (χ4v) is 7.06. The minimum atomic E-state index is -4.52. The largest absolute Gasteiger partial charge is 0.338 e. The molecule has 20 heteroatoms. The van der Waals surface area contributed by atoms with Gasteiger partial charge in [-0.25, -0.2) is 15.8 Å². The maximum Gasteiger partial charge on any atom is 0.294 e. The molecule has 5 aromatic carbocycles. The molecule has 0 aliphatic carbocycles. The van der Waals surface area contributed by atoms with E-state index in [0.29, 0.717) is 55.6 Å². The Morgan fingerprint density at radius 1 is 0.583 bits per heavy atom. The van der Waals surface area contributed by atoms with Gasteiger partial charge in [0.15, 0.2) is 11.6 Å². The van der Waals surface area contributed by atoms with Crippen LogP contribution in [0.4, 0.5) is 23.0 Å². The lowest BCUT2D eigenvalue weighted by Gasteiger charge is -2.14. The van der Waals surface area contributed by atoms with E-state index in [1.54, 1.807) is 30.3 Å². The van der Waals surface area contributed by atoms with Crippen LogP contribution in [0.25, 0.3) is 32.3 Å². The van der Waals surface area contributed by atoms with Crippen molar-refractivity contribution in [2.75, 3.05) is 10.6 Å². The molecule has 0 amide bonds. The van der Waals surface area contributed by atoms with Crippen LogP contribution >= 0.6 is 36.1 Å². The van der Waals surface area contributed by atoms with Crippen LogP contribution in [-0.2, 0) is 38.2 Å². The van der Waals surface area contributed by atoms with Crippen molar-refractivity contribution in [2.24, 2.45) is 0 Å². The van der Waals surface area contributed by atoms with Crippen molar-refractivity contribution in [1.29, 1.82) is 0 Å². The van der Waals surface area contributed by atoms with Crippen molar-refractivity contribution in [3.8, 4) is 0 Å². The van der Waals surface area contributed by atoms with E-state index in [1.807, 2.05) is 42.5 Å². The van der Waals surface area contributed by atoms with Gasteiger partial charge in [0.05, 0.1) is 41.0 Å².